The summed E-state index contributed by atoms with van der Waals surface area (Å²) in [6, 6.07) is 181. The van der Waals surface area contributed by atoms with Gasteiger partial charge in [0.2, 0.25) is 6.71 Å². The lowest BCUT2D eigenvalue weighted by Crippen LogP contribution is -2.74. The van der Waals surface area contributed by atoms with Crippen molar-refractivity contribution in [1.82, 2.24) is 0 Å². The van der Waals surface area contributed by atoms with Gasteiger partial charge >= 0.3 is 0 Å². The maximum absolute atomic E-state index is 13.9. The summed E-state index contributed by atoms with van der Waals surface area (Å²) in [4.78, 5) is 7.20. The molecule has 0 radical (unpaired) electrons. The van der Waals surface area contributed by atoms with Crippen molar-refractivity contribution >= 4 is 145 Å². The van der Waals surface area contributed by atoms with Gasteiger partial charge in [-0.25, -0.2) is 0 Å². The topological polar surface area (TPSA) is 32.8 Å². The summed E-state index contributed by atoms with van der Waals surface area (Å²) in [6.45, 7) is 13.0. The fourth-order valence-electron chi connectivity index (χ4n) is 16.6. The number of fused-ring (bicyclic) bond motifs is 4. The summed E-state index contributed by atoms with van der Waals surface area (Å²) in [5, 5.41) is 12.5. The maximum Gasteiger partial charge on any atom is 0.241 e. The predicted octanol–water partition coefficient (Wildman–Crippen LogP) is 24.8. The Hall–Kier alpha value is -14.1. The summed E-state index contributed by atoms with van der Waals surface area (Å²) in [5.74, 6) is 1.77. The molecule has 9 heteroatoms. The molecule has 2 aliphatic heterocycles. The molecule has 0 aliphatic carbocycles. The Morgan fingerprint density at radius 1 is 0.240 bits per heavy atom. The summed E-state index contributed by atoms with van der Waals surface area (Å²) in [7, 11) is -5.58. The van der Waals surface area contributed by atoms with E-state index in [0.29, 0.717) is 6.71 Å². The van der Waals surface area contributed by atoms with E-state index >= 15 is 0 Å². The zero-order valence-electron chi connectivity index (χ0n) is 73.7. The highest BCUT2D eigenvalue weighted by Gasteiger charge is 2.41. The normalized spacial score (nSPS) is 11.4. The number of hydrogen-bond donors (Lipinski definition) is 0. The van der Waals surface area contributed by atoms with E-state index in [9.17, 15) is 4.57 Å². The Morgan fingerprint density at radius 3 is 0.860 bits per heavy atom. The second-order valence-corrected chi connectivity index (χ2v) is 42.1. The highest BCUT2D eigenvalue weighted by atomic mass is 32.2. The smallest absolute Gasteiger partial charge is 0.241 e. The number of ether oxygens (including phenoxy) is 1. The highest BCUT2D eigenvalue weighted by Crippen LogP contribution is 2.52. The maximum atomic E-state index is 13.9. The average molecular weight is 1740 g/mol. The molecule has 0 N–H and O–H groups in total. The monoisotopic (exact) mass is 1740 g/mol. The van der Waals surface area contributed by atoms with E-state index in [-0.39, 0.29) is 0 Å². The minimum Gasteiger partial charge on any atom is -0.453 e. The summed E-state index contributed by atoms with van der Waals surface area (Å²) < 4.78 is 19.9. The number of anilines is 6. The molecule has 0 bridgehead atoms. The molecule has 0 atom stereocenters. The number of hydrogen-bond acceptors (Lipinski definition) is 5. The molecule has 628 valence electrons. The summed E-state index contributed by atoms with van der Waals surface area (Å²) in [6.07, 6.45) is 0. The SMILES string of the molecule is Cc1ccc(B(c2ccccc2)c2ccccc2)cc1.Cc1ccc(N2c3ccccc3Oc3ccccc32)cc1.Cc1ccc(N2c3ccccc3Sc3ccccc32)cc1.Cc1ccc(P(=O)(c2ccccc2)c2ccccc2)cc1.Cc1ccc(P(c2ccccc2)c2ccccc2)cc1.Cc1ccc([Si](c2ccccc2)(c2ccccc2)c2ccccc2)cc1. The van der Waals surface area contributed by atoms with Gasteiger partial charge in [-0.3, -0.25) is 0 Å². The van der Waals surface area contributed by atoms with E-state index in [1.807, 2.05) is 140 Å². The van der Waals surface area contributed by atoms with Gasteiger partial charge < -0.3 is 19.1 Å². The van der Waals surface area contributed by atoms with Crippen molar-refractivity contribution in [3.05, 3.63) is 549 Å². The molecule has 2 heterocycles. The number of rotatable bonds is 15. The third kappa shape index (κ3) is 21.1. The van der Waals surface area contributed by atoms with Crippen LogP contribution in [0.3, 0.4) is 0 Å². The average Bonchev–Trinajstić information content (AvgIpc) is 0.770. The summed E-state index contributed by atoms with van der Waals surface area (Å²) in [5.41, 5.74) is 18.6. The van der Waals surface area contributed by atoms with Crippen LogP contribution in [0.1, 0.15) is 33.4 Å². The van der Waals surface area contributed by atoms with E-state index in [2.05, 4.69) is 439 Å². The van der Waals surface area contributed by atoms with Gasteiger partial charge in [0.1, 0.15) is 0 Å². The zero-order chi connectivity index (χ0) is 88.6. The Kier molecular flexibility index (Phi) is 29.4. The molecule has 0 unspecified atom stereocenters. The minimum atomic E-state index is -2.80. The van der Waals surface area contributed by atoms with Gasteiger partial charge in [0.05, 0.1) is 22.7 Å². The van der Waals surface area contributed by atoms with Crippen LogP contribution in [0.15, 0.2) is 525 Å². The van der Waals surface area contributed by atoms with Crippen LogP contribution in [0.4, 0.5) is 34.1 Å². The highest BCUT2D eigenvalue weighted by molar-refractivity contribution is 7.99. The van der Waals surface area contributed by atoms with Crippen LogP contribution in [0.5, 0.6) is 11.5 Å². The van der Waals surface area contributed by atoms with Crippen LogP contribution in [0.2, 0.25) is 0 Å². The Morgan fingerprint density at radius 2 is 0.488 bits per heavy atom. The van der Waals surface area contributed by atoms with Crippen LogP contribution in [-0.4, -0.2) is 14.8 Å². The van der Waals surface area contributed by atoms with E-state index in [1.165, 1.54) is 113 Å². The molecule has 0 spiro atoms. The number of para-hydroxylation sites is 6. The van der Waals surface area contributed by atoms with E-state index < -0.39 is 23.1 Å². The second-order valence-electron chi connectivity index (χ2n) is 32.3. The molecule has 0 saturated carbocycles. The lowest BCUT2D eigenvalue weighted by molar-refractivity contribution is 0.477. The Labute approximate surface area is 769 Å². The molecule has 0 amide bonds. The van der Waals surface area contributed by atoms with Gasteiger partial charge in [-0.2, -0.15) is 0 Å². The van der Waals surface area contributed by atoms with Crippen molar-refractivity contribution in [2.75, 3.05) is 9.80 Å². The zero-order valence-corrected chi connectivity index (χ0v) is 77.3. The Balaban J connectivity index is 0.000000114. The van der Waals surface area contributed by atoms with Crippen LogP contribution >= 0.6 is 26.8 Å². The van der Waals surface area contributed by atoms with Gasteiger partial charge in [0, 0.05) is 37.1 Å². The van der Waals surface area contributed by atoms with Gasteiger partial charge in [-0.15, -0.1) is 0 Å². The Bertz CT molecular complexity index is 6210. The molecule has 4 nitrogen and oxygen atoms in total. The molecule has 0 aromatic heterocycles. The van der Waals surface area contributed by atoms with Crippen LogP contribution in [0.25, 0.3) is 0 Å². The quantitative estimate of drug-likeness (QED) is 0.0580. The number of nitrogens with zero attached hydrogens (tertiary/aromatic N) is 2. The first kappa shape index (κ1) is 88.3. The molecular formula is C120H103BN2O2P2SSi. The van der Waals surface area contributed by atoms with Crippen LogP contribution < -0.4 is 83.5 Å². The molecule has 19 aromatic carbocycles. The number of aryl methyl sites for hydroxylation is 6. The van der Waals surface area contributed by atoms with Crippen LogP contribution in [-0.2, 0) is 4.57 Å². The first-order chi connectivity index (χ1) is 63.4. The third-order valence-electron chi connectivity index (χ3n) is 23.2. The van der Waals surface area contributed by atoms with Gasteiger partial charge in [-0.1, -0.05) is 504 Å². The van der Waals surface area contributed by atoms with Crippen molar-refractivity contribution < 1.29 is 9.30 Å². The molecule has 0 saturated heterocycles. The van der Waals surface area contributed by atoms with Crippen molar-refractivity contribution in [2.45, 2.75) is 51.3 Å². The molecule has 2 aliphatic rings. The molecule has 21 rings (SSSR count). The van der Waals surface area contributed by atoms with E-state index in [1.54, 1.807) is 0 Å². The van der Waals surface area contributed by atoms with E-state index in [4.69, 9.17) is 4.74 Å². The minimum absolute atomic E-state index is 0.304. The first-order valence-electron chi connectivity index (χ1n) is 44.0. The van der Waals surface area contributed by atoms with Crippen molar-refractivity contribution in [1.29, 1.82) is 0 Å². The van der Waals surface area contributed by atoms with Gasteiger partial charge in [-0.05, 0) is 159 Å². The fourth-order valence-corrected chi connectivity index (χ4v) is 27.4. The van der Waals surface area contributed by atoms with Crippen molar-refractivity contribution in [3.8, 4) is 11.5 Å². The molecular weight excluding hydrogens is 1630 g/mol. The molecule has 19 aromatic rings. The standard InChI is InChI=1S/C25H22Si.C19H17B.C19H15NO.C19H15NS.C19H17OP.C19H17P/c1-21-17-19-25(20-18-21)26(22-11-5-2-6-12-22,23-13-7-3-8-14-23)24-15-9-4-10-16-24;1-16-12-14-19(15-13-16)20(17-8-4-2-5-9-17)18-10-6-3-7-11-18;2*1-14-10-12-15(13-11-14)20-16-6-2-4-8-18(16)21-19-9-5-3-7-17(19)20;1-16-12-14-19(15-13-16)21(20,17-8-4-2-5-9-17)18-10-6-3-7-11-18;1-16-12-14-19(15-13-16)20(17-8-4-2-5-9-17)18-10-6-3-7-11-18/h2-20H,1H3;2-15H,1H3;2*2-13H,1H3;2-15H,1H3;2-15H,1H3. The van der Waals surface area contributed by atoms with Gasteiger partial charge in [0.25, 0.3) is 0 Å². The second kappa shape index (κ2) is 42.9. The van der Waals surface area contributed by atoms with Crippen LogP contribution in [0, 0.1) is 41.5 Å². The van der Waals surface area contributed by atoms with Crippen molar-refractivity contribution in [2.24, 2.45) is 0 Å². The summed E-state index contributed by atoms with van der Waals surface area (Å²) >= 11 is 1.84. The number of benzene rings is 19. The lowest BCUT2D eigenvalue weighted by atomic mass is 9.37. The first-order valence-corrected chi connectivity index (χ1v) is 49.8. The van der Waals surface area contributed by atoms with E-state index in [0.717, 1.165) is 44.5 Å². The lowest BCUT2D eigenvalue weighted by Gasteiger charge is -2.34. The molecule has 0 fully saturated rings. The third-order valence-corrected chi connectivity index (χ3v) is 34.6. The van der Waals surface area contributed by atoms with Crippen molar-refractivity contribution in [3.63, 3.8) is 0 Å². The largest absolute Gasteiger partial charge is 0.453 e. The predicted molar refractivity (Wildman–Crippen MR) is 560 cm³/mol. The van der Waals surface area contributed by atoms with Gasteiger partial charge in [0.15, 0.2) is 26.7 Å². The molecule has 129 heavy (non-hydrogen) atoms. The fraction of sp³-hybridized carbons (Fsp3) is 0.0500.